The zero-order valence-corrected chi connectivity index (χ0v) is 14.2. The summed E-state index contributed by atoms with van der Waals surface area (Å²) < 4.78 is 24.8. The second-order valence-electron chi connectivity index (χ2n) is 4.92. The predicted octanol–water partition coefficient (Wildman–Crippen LogP) is -1.24. The maximum atomic E-state index is 12.1. The second-order valence-corrected chi connectivity index (χ2v) is 7.92. The molecule has 0 saturated carbocycles. The zero-order valence-electron chi connectivity index (χ0n) is 12.5. The molecule has 9 nitrogen and oxygen atoms in total. The van der Waals surface area contributed by atoms with E-state index < -0.39 is 27.2 Å². The molecule has 0 spiro atoms. The molecule has 2 rings (SSSR count). The molecule has 0 aromatic carbocycles. The Kier molecular flexibility index (Phi) is 5.02. The molecule has 2 N–H and O–H groups in total. The number of nitrogens with zero attached hydrogens (tertiary/aromatic N) is 2. The molecule has 2 aromatic heterocycles. The van der Waals surface area contributed by atoms with Crippen molar-refractivity contribution in [3.63, 3.8) is 0 Å². The minimum absolute atomic E-state index is 0.00363. The van der Waals surface area contributed by atoms with Gasteiger partial charge >= 0.3 is 5.69 Å². The minimum atomic E-state index is -3.44. The van der Waals surface area contributed by atoms with Gasteiger partial charge in [-0.3, -0.25) is 14.2 Å². The fourth-order valence-corrected chi connectivity index (χ4v) is 3.01. The fraction of sp³-hybridized carbons (Fsp3) is 0.417. The standard InChI is InChI=1S/C12H16N4O5S2/c1-15(23(2,20)21)7-9(17)13-4-5-16-11(18)10-8(3-6-22-10)14-12(16)19/h3,6H,4-5,7H2,1-2H3,(H,13,17)(H,14,19). The summed E-state index contributed by atoms with van der Waals surface area (Å²) in [6.07, 6.45) is 0.996. The molecular formula is C12H16N4O5S2. The van der Waals surface area contributed by atoms with E-state index in [1.54, 1.807) is 11.4 Å². The average Bonchev–Trinajstić information content (AvgIpc) is 2.89. The van der Waals surface area contributed by atoms with Crippen LogP contribution in [0.1, 0.15) is 0 Å². The largest absolute Gasteiger partial charge is 0.353 e. The van der Waals surface area contributed by atoms with Crippen molar-refractivity contribution in [2.45, 2.75) is 6.54 Å². The van der Waals surface area contributed by atoms with E-state index in [0.29, 0.717) is 10.2 Å². The topological polar surface area (TPSA) is 121 Å². The van der Waals surface area contributed by atoms with Crippen LogP contribution in [0.2, 0.25) is 0 Å². The van der Waals surface area contributed by atoms with Crippen LogP contribution >= 0.6 is 11.3 Å². The maximum absolute atomic E-state index is 12.1. The van der Waals surface area contributed by atoms with Crippen molar-refractivity contribution in [2.24, 2.45) is 0 Å². The molecule has 0 saturated heterocycles. The Morgan fingerprint density at radius 2 is 2.13 bits per heavy atom. The normalized spacial score (nSPS) is 12.0. The molecule has 126 valence electrons. The van der Waals surface area contributed by atoms with Crippen LogP contribution in [-0.4, -0.2) is 54.6 Å². The third-order valence-electron chi connectivity index (χ3n) is 3.18. The van der Waals surface area contributed by atoms with Gasteiger partial charge in [-0.05, 0) is 11.4 Å². The predicted molar refractivity (Wildman–Crippen MR) is 87.2 cm³/mol. The number of aromatic nitrogens is 2. The lowest BCUT2D eigenvalue weighted by Crippen LogP contribution is -2.41. The summed E-state index contributed by atoms with van der Waals surface area (Å²) in [6.45, 7) is -0.291. The lowest BCUT2D eigenvalue weighted by Gasteiger charge is -2.13. The number of likely N-dealkylation sites (N-methyl/N-ethyl adjacent to an activating group) is 1. The van der Waals surface area contributed by atoms with Crippen molar-refractivity contribution < 1.29 is 13.2 Å². The third-order valence-corrected chi connectivity index (χ3v) is 5.35. The van der Waals surface area contributed by atoms with E-state index in [9.17, 15) is 22.8 Å². The van der Waals surface area contributed by atoms with Gasteiger partial charge in [0.15, 0.2) is 0 Å². The van der Waals surface area contributed by atoms with Crippen molar-refractivity contribution in [3.05, 3.63) is 32.3 Å². The monoisotopic (exact) mass is 360 g/mol. The third kappa shape index (κ3) is 4.06. The fourth-order valence-electron chi connectivity index (χ4n) is 1.86. The van der Waals surface area contributed by atoms with Gasteiger partial charge in [-0.15, -0.1) is 11.3 Å². The highest BCUT2D eigenvalue weighted by molar-refractivity contribution is 7.88. The van der Waals surface area contributed by atoms with E-state index in [2.05, 4.69) is 10.3 Å². The van der Waals surface area contributed by atoms with Crippen LogP contribution in [-0.2, 0) is 21.4 Å². The van der Waals surface area contributed by atoms with Crippen LogP contribution in [0.3, 0.4) is 0 Å². The molecule has 0 aliphatic heterocycles. The van der Waals surface area contributed by atoms with Crippen LogP contribution in [0, 0.1) is 0 Å². The van der Waals surface area contributed by atoms with Crippen molar-refractivity contribution in [2.75, 3.05) is 26.4 Å². The van der Waals surface area contributed by atoms with Crippen LogP contribution in [0.4, 0.5) is 0 Å². The van der Waals surface area contributed by atoms with Gasteiger partial charge in [-0.25, -0.2) is 13.2 Å². The van der Waals surface area contributed by atoms with Crippen LogP contribution in [0.15, 0.2) is 21.0 Å². The minimum Gasteiger partial charge on any atom is -0.353 e. The first-order chi connectivity index (χ1) is 10.7. The number of sulfonamides is 1. The highest BCUT2D eigenvalue weighted by atomic mass is 32.2. The number of amides is 1. The number of hydrogen-bond acceptors (Lipinski definition) is 6. The van der Waals surface area contributed by atoms with Gasteiger partial charge in [0, 0.05) is 20.1 Å². The van der Waals surface area contributed by atoms with Gasteiger partial charge < -0.3 is 10.3 Å². The molecule has 0 atom stereocenters. The Bertz CT molecular complexity index is 940. The summed E-state index contributed by atoms with van der Waals surface area (Å²) >= 11 is 1.22. The van der Waals surface area contributed by atoms with Crippen molar-refractivity contribution >= 4 is 37.5 Å². The maximum Gasteiger partial charge on any atom is 0.328 e. The SMILES string of the molecule is CN(CC(=O)NCCn1c(=O)[nH]c2ccsc2c1=O)S(C)(=O)=O. The molecule has 0 aliphatic carbocycles. The molecule has 2 heterocycles. The van der Waals surface area contributed by atoms with Gasteiger partial charge in [0.25, 0.3) is 5.56 Å². The van der Waals surface area contributed by atoms with E-state index in [4.69, 9.17) is 0 Å². The molecule has 0 radical (unpaired) electrons. The number of carbonyl (C=O) groups excluding carboxylic acids is 1. The van der Waals surface area contributed by atoms with Crippen molar-refractivity contribution in [3.8, 4) is 0 Å². The summed E-state index contributed by atoms with van der Waals surface area (Å²) in [7, 11) is -2.16. The van der Waals surface area contributed by atoms with Gasteiger partial charge in [-0.1, -0.05) is 0 Å². The van der Waals surface area contributed by atoms with E-state index in [1.165, 1.54) is 18.4 Å². The molecular weight excluding hydrogens is 344 g/mol. The highest BCUT2D eigenvalue weighted by Gasteiger charge is 2.15. The summed E-state index contributed by atoms with van der Waals surface area (Å²) in [4.78, 5) is 38.2. The van der Waals surface area contributed by atoms with Crippen molar-refractivity contribution in [1.29, 1.82) is 0 Å². The highest BCUT2D eigenvalue weighted by Crippen LogP contribution is 2.11. The number of thiophene rings is 1. The Balaban J connectivity index is 2.01. The van der Waals surface area contributed by atoms with Gasteiger partial charge in [0.2, 0.25) is 15.9 Å². The summed E-state index contributed by atoms with van der Waals surface area (Å²) in [5, 5.41) is 4.18. The van der Waals surface area contributed by atoms with Crippen molar-refractivity contribution in [1.82, 2.24) is 19.2 Å². The van der Waals surface area contributed by atoms with E-state index >= 15 is 0 Å². The number of carbonyl (C=O) groups is 1. The molecule has 2 aromatic rings. The molecule has 0 bridgehead atoms. The lowest BCUT2D eigenvalue weighted by atomic mass is 10.4. The quantitative estimate of drug-likeness (QED) is 0.667. The summed E-state index contributed by atoms with van der Waals surface area (Å²) in [5.41, 5.74) is -0.482. The number of aromatic amines is 1. The number of fused-ring (bicyclic) bond motifs is 1. The first kappa shape index (κ1) is 17.4. The van der Waals surface area contributed by atoms with Crippen LogP contribution in [0.5, 0.6) is 0 Å². The summed E-state index contributed by atoms with van der Waals surface area (Å²) in [5.74, 6) is -0.514. The Labute approximate surface area is 135 Å². The second kappa shape index (κ2) is 6.64. The Morgan fingerprint density at radius 3 is 2.78 bits per heavy atom. The molecule has 1 amide bonds. The van der Waals surface area contributed by atoms with Gasteiger partial charge in [-0.2, -0.15) is 4.31 Å². The first-order valence-corrected chi connectivity index (χ1v) is 9.31. The van der Waals surface area contributed by atoms with E-state index in [1.807, 2.05) is 0 Å². The molecule has 0 fully saturated rings. The summed E-state index contributed by atoms with van der Waals surface area (Å²) in [6, 6.07) is 1.65. The average molecular weight is 360 g/mol. The molecule has 11 heteroatoms. The van der Waals surface area contributed by atoms with E-state index in [-0.39, 0.29) is 19.6 Å². The number of nitrogens with one attached hydrogen (secondary N) is 2. The van der Waals surface area contributed by atoms with E-state index in [0.717, 1.165) is 15.1 Å². The lowest BCUT2D eigenvalue weighted by molar-refractivity contribution is -0.121. The zero-order chi connectivity index (χ0) is 17.2. The van der Waals surface area contributed by atoms with Gasteiger partial charge in [0.05, 0.1) is 18.3 Å². The molecule has 23 heavy (non-hydrogen) atoms. The molecule has 0 unspecified atom stereocenters. The van der Waals surface area contributed by atoms with Gasteiger partial charge in [0.1, 0.15) is 4.70 Å². The Hall–Kier alpha value is -1.98. The molecule has 0 aliphatic rings. The van der Waals surface area contributed by atoms with Crippen LogP contribution < -0.4 is 16.6 Å². The number of H-pyrrole nitrogens is 1. The van der Waals surface area contributed by atoms with Crippen LogP contribution in [0.25, 0.3) is 10.2 Å². The smallest absolute Gasteiger partial charge is 0.328 e. The first-order valence-electron chi connectivity index (χ1n) is 6.58. The number of rotatable bonds is 6. The number of hydrogen-bond donors (Lipinski definition) is 2. The Morgan fingerprint density at radius 1 is 1.43 bits per heavy atom.